The molecule has 2 N–H and O–H groups in total. The highest BCUT2D eigenvalue weighted by Gasteiger charge is 2.35. The molecule has 0 unspecified atom stereocenters. The molecule has 0 aliphatic heterocycles. The van der Waals surface area contributed by atoms with Crippen molar-refractivity contribution in [2.75, 3.05) is 5.73 Å². The first-order valence-electron chi connectivity index (χ1n) is 4.24. The van der Waals surface area contributed by atoms with Crippen molar-refractivity contribution in [2.45, 2.75) is 4.83 Å². The second-order valence-electron chi connectivity index (χ2n) is 3.01. The molecule has 0 spiro atoms. The number of hydrogen-bond acceptors (Lipinski definition) is 4. The molecular formula is C9H6BrF2N3O. The Labute approximate surface area is 97.6 Å². The predicted octanol–water partition coefficient (Wildman–Crippen LogP) is 2.76. The van der Waals surface area contributed by atoms with Gasteiger partial charge in [0.25, 0.3) is 0 Å². The van der Waals surface area contributed by atoms with Crippen LogP contribution in [0.5, 0.6) is 0 Å². The van der Waals surface area contributed by atoms with Crippen LogP contribution in [0.3, 0.4) is 0 Å². The van der Waals surface area contributed by atoms with Crippen LogP contribution in [0.1, 0.15) is 5.89 Å². The Morgan fingerprint density at radius 2 is 2.00 bits per heavy atom. The summed E-state index contributed by atoms with van der Waals surface area (Å²) in [6.07, 6.45) is 0. The van der Waals surface area contributed by atoms with Crippen LogP contribution in [0.2, 0.25) is 0 Å². The Morgan fingerprint density at radius 3 is 2.56 bits per heavy atom. The Hall–Kier alpha value is -1.50. The maximum absolute atomic E-state index is 12.8. The lowest BCUT2D eigenvalue weighted by molar-refractivity contribution is 0.0725. The molecule has 1 aromatic heterocycles. The van der Waals surface area contributed by atoms with Gasteiger partial charge in [-0.3, -0.25) is 0 Å². The van der Waals surface area contributed by atoms with Gasteiger partial charge in [-0.2, -0.15) is 13.8 Å². The molecule has 0 radical (unpaired) electrons. The monoisotopic (exact) mass is 289 g/mol. The molecule has 0 bridgehead atoms. The lowest BCUT2D eigenvalue weighted by atomic mass is 10.2. The quantitative estimate of drug-likeness (QED) is 0.682. The van der Waals surface area contributed by atoms with E-state index in [-0.39, 0.29) is 5.82 Å². The number of hydrogen-bond donors (Lipinski definition) is 1. The zero-order valence-electron chi connectivity index (χ0n) is 7.82. The summed E-state index contributed by atoms with van der Waals surface area (Å²) in [5.74, 6) is -0.766. The van der Waals surface area contributed by atoms with E-state index in [1.54, 1.807) is 24.3 Å². The minimum Gasteiger partial charge on any atom is -0.398 e. The summed E-state index contributed by atoms with van der Waals surface area (Å²) in [6, 6.07) is 6.67. The SMILES string of the molecule is Nc1ccccc1-c1noc(C(F)(F)Br)n1. The second kappa shape index (κ2) is 3.82. The summed E-state index contributed by atoms with van der Waals surface area (Å²) in [7, 11) is 0. The molecule has 0 fully saturated rings. The summed E-state index contributed by atoms with van der Waals surface area (Å²) in [4.78, 5) is 0.226. The number of rotatable bonds is 2. The molecule has 0 saturated carbocycles. The van der Waals surface area contributed by atoms with Gasteiger partial charge in [-0.1, -0.05) is 17.3 Å². The number of aromatic nitrogens is 2. The summed E-state index contributed by atoms with van der Waals surface area (Å²) in [6.45, 7) is 0. The number of nitrogens with two attached hydrogens (primary N) is 1. The lowest BCUT2D eigenvalue weighted by Crippen LogP contribution is -2.02. The highest BCUT2D eigenvalue weighted by molar-refractivity contribution is 9.09. The van der Waals surface area contributed by atoms with E-state index in [0.717, 1.165) is 0 Å². The standard InChI is InChI=1S/C9H6BrF2N3O/c10-9(11,12)8-14-7(15-16-8)5-3-1-2-4-6(5)13/h1-4H,13H2. The fourth-order valence-corrected chi connectivity index (χ4v) is 1.31. The first-order valence-corrected chi connectivity index (χ1v) is 5.03. The number of nitrogens with zero attached hydrogens (tertiary/aromatic N) is 2. The molecule has 0 aliphatic rings. The van der Waals surface area contributed by atoms with E-state index in [2.05, 4.69) is 30.6 Å². The van der Waals surface area contributed by atoms with E-state index in [1.807, 2.05) is 0 Å². The van der Waals surface area contributed by atoms with Crippen molar-refractivity contribution in [3.05, 3.63) is 30.2 Å². The smallest absolute Gasteiger partial charge is 0.378 e. The molecule has 2 rings (SSSR count). The van der Waals surface area contributed by atoms with Crippen LogP contribution in [0.15, 0.2) is 28.8 Å². The molecule has 2 aromatic rings. The fourth-order valence-electron chi connectivity index (χ4n) is 1.15. The van der Waals surface area contributed by atoms with Crippen LogP contribution in [0.4, 0.5) is 14.5 Å². The van der Waals surface area contributed by atoms with Gasteiger partial charge in [0.2, 0.25) is 5.82 Å². The predicted molar refractivity (Wildman–Crippen MR) is 57.0 cm³/mol. The van der Waals surface area contributed by atoms with E-state index >= 15 is 0 Å². The minimum atomic E-state index is -3.33. The Kier molecular flexibility index (Phi) is 2.63. The molecule has 1 heterocycles. The summed E-state index contributed by atoms with van der Waals surface area (Å²) < 4.78 is 30.0. The maximum Gasteiger partial charge on any atom is 0.378 e. The molecule has 4 nitrogen and oxygen atoms in total. The van der Waals surface area contributed by atoms with Gasteiger partial charge in [0.15, 0.2) is 0 Å². The largest absolute Gasteiger partial charge is 0.398 e. The van der Waals surface area contributed by atoms with Gasteiger partial charge in [0.1, 0.15) is 0 Å². The van der Waals surface area contributed by atoms with Crippen LogP contribution in [-0.4, -0.2) is 10.1 Å². The third-order valence-corrected chi connectivity index (χ3v) is 2.21. The van der Waals surface area contributed by atoms with Gasteiger partial charge in [0, 0.05) is 27.2 Å². The van der Waals surface area contributed by atoms with Crippen molar-refractivity contribution in [3.8, 4) is 11.4 Å². The molecule has 1 aromatic carbocycles. The van der Waals surface area contributed by atoms with E-state index in [1.165, 1.54) is 0 Å². The molecular weight excluding hydrogens is 284 g/mol. The highest BCUT2D eigenvalue weighted by atomic mass is 79.9. The first-order chi connectivity index (χ1) is 7.48. The van der Waals surface area contributed by atoms with Gasteiger partial charge in [-0.25, -0.2) is 0 Å². The number of nitrogen functional groups attached to an aromatic ring is 1. The van der Waals surface area contributed by atoms with Crippen LogP contribution in [0, 0.1) is 0 Å². The number of benzene rings is 1. The van der Waals surface area contributed by atoms with Crippen LogP contribution >= 0.6 is 15.9 Å². The molecule has 0 aliphatic carbocycles. The highest BCUT2D eigenvalue weighted by Crippen LogP contribution is 2.34. The number of halogens is 3. The number of alkyl halides is 3. The lowest BCUT2D eigenvalue weighted by Gasteiger charge is -1.99. The zero-order chi connectivity index (χ0) is 11.8. The third kappa shape index (κ3) is 2.04. The topological polar surface area (TPSA) is 64.9 Å². The van der Waals surface area contributed by atoms with Crippen molar-refractivity contribution in [3.63, 3.8) is 0 Å². The average molecular weight is 290 g/mol. The Morgan fingerprint density at radius 1 is 1.31 bits per heavy atom. The molecule has 0 atom stereocenters. The minimum absolute atomic E-state index is 0.0345. The van der Waals surface area contributed by atoms with E-state index < -0.39 is 10.7 Å². The van der Waals surface area contributed by atoms with Crippen molar-refractivity contribution in [1.29, 1.82) is 0 Å². The van der Waals surface area contributed by atoms with Gasteiger partial charge in [0.05, 0.1) is 0 Å². The Bertz CT molecular complexity index is 509. The molecule has 16 heavy (non-hydrogen) atoms. The molecule has 0 amide bonds. The first kappa shape index (κ1) is 11.0. The Balaban J connectivity index is 2.44. The van der Waals surface area contributed by atoms with Crippen LogP contribution in [-0.2, 0) is 4.83 Å². The number of para-hydroxylation sites is 1. The number of anilines is 1. The zero-order valence-corrected chi connectivity index (χ0v) is 9.41. The van der Waals surface area contributed by atoms with E-state index in [4.69, 9.17) is 5.73 Å². The summed E-state index contributed by atoms with van der Waals surface area (Å²) in [5, 5.41) is 3.44. The van der Waals surface area contributed by atoms with E-state index in [9.17, 15) is 8.78 Å². The van der Waals surface area contributed by atoms with Gasteiger partial charge in [-0.05, 0) is 12.1 Å². The van der Waals surface area contributed by atoms with Crippen molar-refractivity contribution in [1.82, 2.24) is 10.1 Å². The van der Waals surface area contributed by atoms with Gasteiger partial charge in [-0.15, -0.1) is 0 Å². The fraction of sp³-hybridized carbons (Fsp3) is 0.111. The van der Waals surface area contributed by atoms with Crippen LogP contribution in [0.25, 0.3) is 11.4 Å². The second-order valence-corrected chi connectivity index (χ2v) is 4.00. The van der Waals surface area contributed by atoms with Crippen LogP contribution < -0.4 is 5.73 Å². The van der Waals surface area contributed by atoms with Crippen molar-refractivity contribution >= 4 is 21.6 Å². The van der Waals surface area contributed by atoms with Gasteiger partial charge < -0.3 is 10.3 Å². The average Bonchev–Trinajstić information content (AvgIpc) is 2.66. The summed E-state index contributed by atoms with van der Waals surface area (Å²) >= 11 is 2.13. The van der Waals surface area contributed by atoms with E-state index in [0.29, 0.717) is 11.3 Å². The molecule has 7 heteroatoms. The molecule has 0 saturated heterocycles. The normalized spacial score (nSPS) is 11.7. The van der Waals surface area contributed by atoms with Gasteiger partial charge >= 0.3 is 10.7 Å². The summed E-state index contributed by atoms with van der Waals surface area (Å²) in [5.41, 5.74) is 6.50. The molecule has 84 valence electrons. The van der Waals surface area contributed by atoms with Crippen molar-refractivity contribution < 1.29 is 13.3 Å². The van der Waals surface area contributed by atoms with Crippen molar-refractivity contribution in [2.24, 2.45) is 0 Å². The third-order valence-electron chi connectivity index (χ3n) is 1.87. The maximum atomic E-state index is 12.8.